The minimum atomic E-state index is -0.575. The maximum atomic E-state index is 14.6. The fourth-order valence-corrected chi connectivity index (χ4v) is 3.95. The van der Waals surface area contributed by atoms with Crippen LogP contribution in [-0.2, 0) is 4.74 Å². The lowest BCUT2D eigenvalue weighted by molar-refractivity contribution is 0.0525. The molecule has 41 heavy (non-hydrogen) atoms. The first-order valence-electron chi connectivity index (χ1n) is 13.7. The Morgan fingerprint density at radius 2 is 1.80 bits per heavy atom. The van der Waals surface area contributed by atoms with Crippen LogP contribution in [0.25, 0.3) is 0 Å². The molecule has 1 fully saturated rings. The van der Waals surface area contributed by atoms with Gasteiger partial charge in [0.1, 0.15) is 11.4 Å². The van der Waals surface area contributed by atoms with E-state index in [1.54, 1.807) is 6.07 Å². The van der Waals surface area contributed by atoms with Crippen molar-refractivity contribution in [2.24, 2.45) is 0 Å². The Labute approximate surface area is 240 Å². The molecule has 0 saturated heterocycles. The Bertz CT molecular complexity index is 1400. The Balaban J connectivity index is 1.32. The summed E-state index contributed by atoms with van der Waals surface area (Å²) in [5.74, 6) is 0.332. The number of ether oxygens (including phenoxy) is 2. The molecule has 0 spiro atoms. The van der Waals surface area contributed by atoms with E-state index in [1.807, 2.05) is 69.3 Å². The van der Waals surface area contributed by atoms with Crippen molar-refractivity contribution in [1.82, 2.24) is 15.3 Å². The van der Waals surface area contributed by atoms with E-state index < -0.39 is 17.5 Å². The lowest BCUT2D eigenvalue weighted by Gasteiger charge is -2.21. The van der Waals surface area contributed by atoms with Crippen molar-refractivity contribution in [1.29, 1.82) is 0 Å². The summed E-state index contributed by atoms with van der Waals surface area (Å²) in [6, 6.07) is 14.8. The highest BCUT2D eigenvalue weighted by Crippen LogP contribution is 2.30. The molecule has 216 valence electrons. The second-order valence-electron chi connectivity index (χ2n) is 10.6. The first-order chi connectivity index (χ1) is 19.7. The van der Waals surface area contributed by atoms with E-state index >= 15 is 0 Å². The number of rotatable bonds is 12. The van der Waals surface area contributed by atoms with Gasteiger partial charge >= 0.3 is 6.09 Å². The number of nitrogens with zero attached hydrogens (tertiary/aromatic N) is 2. The lowest BCUT2D eigenvalue weighted by Crippen LogP contribution is -2.33. The minimum Gasteiger partial charge on any atom is -0.493 e. The van der Waals surface area contributed by atoms with E-state index in [9.17, 15) is 9.18 Å². The lowest BCUT2D eigenvalue weighted by atomic mass is 9.90. The summed E-state index contributed by atoms with van der Waals surface area (Å²) in [4.78, 5) is 20.1. The third kappa shape index (κ3) is 9.23. The van der Waals surface area contributed by atoms with E-state index in [2.05, 4.69) is 37.8 Å². The van der Waals surface area contributed by atoms with Gasteiger partial charge in [-0.3, -0.25) is 0 Å². The van der Waals surface area contributed by atoms with Gasteiger partial charge in [0.25, 0.3) is 0 Å². The summed E-state index contributed by atoms with van der Waals surface area (Å²) in [6.07, 6.45) is 6.47. The van der Waals surface area contributed by atoms with Crippen molar-refractivity contribution < 1.29 is 18.7 Å². The van der Waals surface area contributed by atoms with Crippen molar-refractivity contribution in [3.8, 4) is 5.75 Å². The molecule has 1 aliphatic carbocycles. The Hall–Kier alpha value is -4.60. The van der Waals surface area contributed by atoms with Gasteiger partial charge < -0.3 is 30.7 Å². The Kier molecular flexibility index (Phi) is 9.78. The van der Waals surface area contributed by atoms with Gasteiger partial charge in [0.05, 0.1) is 12.8 Å². The van der Waals surface area contributed by atoms with Gasteiger partial charge in [-0.25, -0.2) is 14.2 Å². The molecule has 4 N–H and O–H groups in total. The first-order valence-corrected chi connectivity index (χ1v) is 13.7. The maximum absolute atomic E-state index is 14.6. The fourth-order valence-electron chi connectivity index (χ4n) is 3.95. The molecule has 0 aliphatic heterocycles. The summed E-state index contributed by atoms with van der Waals surface area (Å²) in [5.41, 5.74) is 4.08. The molecule has 10 heteroatoms. The van der Waals surface area contributed by atoms with Crippen molar-refractivity contribution in [3.05, 3.63) is 84.5 Å². The molecule has 9 nitrogen and oxygen atoms in total. The second-order valence-corrected chi connectivity index (χ2v) is 10.6. The number of nitrogens with one attached hydrogen (secondary N) is 4. The normalized spacial score (nSPS) is 12.5. The number of carbonyl (C=O) groups is 1. The number of carbonyl (C=O) groups excluding carboxylic acids is 1. The third-order valence-electron chi connectivity index (χ3n) is 6.04. The van der Waals surface area contributed by atoms with Crippen LogP contribution in [0.3, 0.4) is 0 Å². The summed E-state index contributed by atoms with van der Waals surface area (Å²) in [7, 11) is 0. The fraction of sp³-hybridized carbons (Fsp3) is 0.323. The molecule has 1 amide bonds. The third-order valence-corrected chi connectivity index (χ3v) is 6.04. The smallest absolute Gasteiger partial charge is 0.407 e. The standard InChI is InChI=1S/C31H37FN6O3/c1-5-27(21-10-6-11-21)35-22-12-7-13-23(18-22)36-28-26(32)20-34-29(38-28)37-24-14-8-15-25(19-24)40-17-9-16-33-30(39)41-31(2,3)4/h5,7-8,12-15,18-20,35H,1,6,9-11,16-17H2,2-4H3,(H,33,39)(H2,34,36,37,38). The number of aromatic nitrogens is 2. The van der Waals surface area contributed by atoms with E-state index in [0.717, 1.165) is 30.4 Å². The van der Waals surface area contributed by atoms with Gasteiger partial charge in [0.15, 0.2) is 11.6 Å². The molecule has 3 aromatic rings. The van der Waals surface area contributed by atoms with Gasteiger partial charge in [-0.2, -0.15) is 4.98 Å². The van der Waals surface area contributed by atoms with Crippen molar-refractivity contribution in [3.63, 3.8) is 0 Å². The summed E-state index contributed by atoms with van der Waals surface area (Å²) < 4.78 is 25.6. The molecule has 0 atom stereocenters. The number of halogens is 1. The van der Waals surface area contributed by atoms with Crippen LogP contribution in [0.5, 0.6) is 5.75 Å². The minimum absolute atomic E-state index is 0.0471. The first kappa shape index (κ1) is 29.4. The van der Waals surface area contributed by atoms with Crippen LogP contribution in [0.4, 0.5) is 38.0 Å². The zero-order valence-corrected chi connectivity index (χ0v) is 23.7. The number of benzene rings is 2. The second kappa shape index (κ2) is 13.6. The average Bonchev–Trinajstić information content (AvgIpc) is 2.88. The monoisotopic (exact) mass is 560 g/mol. The van der Waals surface area contributed by atoms with Gasteiger partial charge in [0, 0.05) is 35.4 Å². The number of hydrogen-bond acceptors (Lipinski definition) is 8. The van der Waals surface area contributed by atoms with Crippen LogP contribution in [0.2, 0.25) is 0 Å². The van der Waals surface area contributed by atoms with Crippen LogP contribution in [0.15, 0.2) is 78.7 Å². The van der Waals surface area contributed by atoms with Gasteiger partial charge in [0.2, 0.25) is 5.95 Å². The molecule has 1 heterocycles. The number of anilines is 5. The molecule has 1 aliphatic rings. The van der Waals surface area contributed by atoms with E-state index in [1.165, 1.54) is 12.0 Å². The molecule has 1 aromatic heterocycles. The maximum Gasteiger partial charge on any atom is 0.407 e. The highest BCUT2D eigenvalue weighted by Gasteiger charge is 2.16. The Morgan fingerprint density at radius 1 is 1.07 bits per heavy atom. The van der Waals surface area contributed by atoms with E-state index in [4.69, 9.17) is 9.47 Å². The topological polar surface area (TPSA) is 109 Å². The van der Waals surface area contributed by atoms with Crippen molar-refractivity contribution in [2.75, 3.05) is 29.1 Å². The van der Waals surface area contributed by atoms with Crippen molar-refractivity contribution >= 4 is 34.9 Å². The predicted octanol–water partition coefficient (Wildman–Crippen LogP) is 7.43. The number of amides is 1. The highest BCUT2D eigenvalue weighted by molar-refractivity contribution is 5.67. The molecule has 4 rings (SSSR count). The summed E-state index contributed by atoms with van der Waals surface area (Å²) >= 11 is 0. The van der Waals surface area contributed by atoms with Crippen LogP contribution in [0, 0.1) is 5.82 Å². The molecule has 0 unspecified atom stereocenters. The zero-order chi connectivity index (χ0) is 29.2. The summed E-state index contributed by atoms with van der Waals surface area (Å²) in [6.45, 7) is 10.2. The number of allylic oxidation sites excluding steroid dienone is 2. The van der Waals surface area contributed by atoms with Gasteiger partial charge in [-0.1, -0.05) is 18.7 Å². The van der Waals surface area contributed by atoms with E-state index in [-0.39, 0.29) is 11.8 Å². The van der Waals surface area contributed by atoms with Crippen LogP contribution in [0.1, 0.15) is 46.5 Å². The van der Waals surface area contributed by atoms with Gasteiger partial charge in [-0.05, 0) is 88.4 Å². The van der Waals surface area contributed by atoms with Crippen LogP contribution < -0.4 is 26.0 Å². The quantitative estimate of drug-likeness (QED) is 0.169. The molecule has 0 radical (unpaired) electrons. The molecular weight excluding hydrogens is 523 g/mol. The zero-order valence-electron chi connectivity index (χ0n) is 23.7. The van der Waals surface area contributed by atoms with Crippen molar-refractivity contribution in [2.45, 2.75) is 52.1 Å². The molecule has 0 bridgehead atoms. The predicted molar refractivity (Wildman–Crippen MR) is 160 cm³/mol. The van der Waals surface area contributed by atoms with Crippen LogP contribution in [-0.4, -0.2) is 34.8 Å². The largest absolute Gasteiger partial charge is 0.493 e. The van der Waals surface area contributed by atoms with Gasteiger partial charge in [-0.15, -0.1) is 0 Å². The van der Waals surface area contributed by atoms with Crippen LogP contribution >= 0.6 is 0 Å². The summed E-state index contributed by atoms with van der Waals surface area (Å²) in [5, 5.41) is 12.2. The highest BCUT2D eigenvalue weighted by atomic mass is 19.1. The molecule has 2 aromatic carbocycles. The average molecular weight is 561 g/mol. The molecular formula is C31H37FN6O3. The number of hydrogen-bond donors (Lipinski definition) is 4. The molecule has 1 saturated carbocycles. The Morgan fingerprint density at radius 3 is 2.51 bits per heavy atom. The number of alkyl carbamates (subject to hydrolysis) is 1. The van der Waals surface area contributed by atoms with E-state index in [0.29, 0.717) is 36.7 Å². The SMILES string of the molecule is C=CC(Nc1cccc(Nc2nc(Nc3cccc(OCCCNC(=O)OC(C)(C)C)c3)ncc2F)c1)=C1CCC1.